The van der Waals surface area contributed by atoms with E-state index in [0.29, 0.717) is 5.92 Å². The van der Waals surface area contributed by atoms with Crippen LogP contribution in [0.1, 0.15) is 66.7 Å². The molecule has 0 spiro atoms. The van der Waals surface area contributed by atoms with Gasteiger partial charge in [-0.25, -0.2) is 0 Å². The van der Waals surface area contributed by atoms with Gasteiger partial charge in [0.15, 0.2) is 0 Å². The Balaban J connectivity index is 3.14. The van der Waals surface area contributed by atoms with E-state index in [1.807, 2.05) is 13.0 Å². The first kappa shape index (κ1) is 28.2. The summed E-state index contributed by atoms with van der Waals surface area (Å²) in [6.07, 6.45) is 33.6. The normalized spacial score (nSPS) is 22.5. The standard InChI is InChI=1S/C32H45N/c1-8-12-14-17-26-33(28(6)11-4)32-21-16-15-20-31(29(7)27(5)22-25-32)24-23-30(18-10-3)19-13-9-2/h8-10,12-14,17-18,21-25,29H,5-6,11,15-16,19-20,26H2,1-4,7H3/b12-8-,13-9-,17-14+,18-10-,25-22-,30-23-,31-24-,32-21+. The Hall–Kier alpha value is -2.80. The summed E-state index contributed by atoms with van der Waals surface area (Å²) in [5, 5.41) is 0. The summed E-state index contributed by atoms with van der Waals surface area (Å²) >= 11 is 0. The van der Waals surface area contributed by atoms with Crippen LogP contribution in [0.3, 0.4) is 0 Å². The molecule has 0 aromatic rings. The maximum atomic E-state index is 4.41. The van der Waals surface area contributed by atoms with Crippen LogP contribution >= 0.6 is 0 Å². The van der Waals surface area contributed by atoms with Gasteiger partial charge in [0.25, 0.3) is 0 Å². The molecule has 1 aliphatic rings. The zero-order valence-electron chi connectivity index (χ0n) is 21.7. The molecular formula is C32H45N. The van der Waals surface area contributed by atoms with Crippen molar-refractivity contribution in [3.63, 3.8) is 0 Å². The third-order valence-corrected chi connectivity index (χ3v) is 5.91. The maximum absolute atomic E-state index is 4.41. The van der Waals surface area contributed by atoms with Crippen LogP contribution in [0.15, 0.2) is 120 Å². The highest BCUT2D eigenvalue weighted by Gasteiger charge is 2.14. The lowest BCUT2D eigenvalue weighted by atomic mass is 9.88. The number of allylic oxidation sites excluding steroid dienone is 16. The third kappa shape index (κ3) is 10.6. The van der Waals surface area contributed by atoms with Gasteiger partial charge in [-0.2, -0.15) is 0 Å². The van der Waals surface area contributed by atoms with E-state index >= 15 is 0 Å². The maximum Gasteiger partial charge on any atom is 0.0411 e. The Labute approximate surface area is 204 Å². The second-order valence-corrected chi connectivity index (χ2v) is 8.39. The highest BCUT2D eigenvalue weighted by atomic mass is 15.1. The van der Waals surface area contributed by atoms with Gasteiger partial charge < -0.3 is 4.90 Å². The summed E-state index contributed by atoms with van der Waals surface area (Å²) in [6, 6.07) is 0. The zero-order chi connectivity index (χ0) is 24.5. The van der Waals surface area contributed by atoms with Crippen molar-refractivity contribution in [3.8, 4) is 0 Å². The minimum absolute atomic E-state index is 0.322. The molecule has 0 saturated carbocycles. The van der Waals surface area contributed by atoms with E-state index in [1.165, 1.54) is 16.8 Å². The van der Waals surface area contributed by atoms with Crippen LogP contribution in [0.2, 0.25) is 0 Å². The molecule has 0 aromatic heterocycles. The van der Waals surface area contributed by atoms with Gasteiger partial charge in [-0.05, 0) is 70.1 Å². The molecule has 0 amide bonds. The van der Waals surface area contributed by atoms with Gasteiger partial charge in [-0.3, -0.25) is 0 Å². The van der Waals surface area contributed by atoms with E-state index in [-0.39, 0.29) is 0 Å². The molecular weight excluding hydrogens is 398 g/mol. The fourth-order valence-electron chi connectivity index (χ4n) is 3.68. The predicted octanol–water partition coefficient (Wildman–Crippen LogP) is 9.56. The van der Waals surface area contributed by atoms with E-state index in [4.69, 9.17) is 0 Å². The number of nitrogens with zero attached hydrogens (tertiary/aromatic N) is 1. The fraction of sp³-hybridized carbons (Fsp3) is 0.375. The van der Waals surface area contributed by atoms with Gasteiger partial charge in [0, 0.05) is 23.9 Å². The molecule has 0 fully saturated rings. The van der Waals surface area contributed by atoms with E-state index in [0.717, 1.165) is 49.9 Å². The molecule has 1 atom stereocenters. The molecule has 33 heavy (non-hydrogen) atoms. The number of hydrogen-bond acceptors (Lipinski definition) is 1. The first-order valence-electron chi connectivity index (χ1n) is 12.4. The topological polar surface area (TPSA) is 3.24 Å². The van der Waals surface area contributed by atoms with Gasteiger partial charge in [0.2, 0.25) is 0 Å². The SMILES string of the molecule is C=C1/C=C\C(N(C/C=C/C=C\C)C(=C)CC)=C/CCC/C(=C/C=C(/C=C\C)C/C=C\C)C1C. The van der Waals surface area contributed by atoms with Crippen molar-refractivity contribution in [2.75, 3.05) is 6.54 Å². The van der Waals surface area contributed by atoms with Crippen LogP contribution in [-0.4, -0.2) is 11.4 Å². The van der Waals surface area contributed by atoms with E-state index in [1.54, 1.807) is 0 Å². The van der Waals surface area contributed by atoms with E-state index < -0.39 is 0 Å². The Kier molecular flexibility index (Phi) is 14.4. The molecule has 0 heterocycles. The Morgan fingerprint density at radius 1 is 1.09 bits per heavy atom. The summed E-state index contributed by atoms with van der Waals surface area (Å²) in [7, 11) is 0. The lowest BCUT2D eigenvalue weighted by molar-refractivity contribution is 0.470. The molecule has 0 saturated heterocycles. The van der Waals surface area contributed by atoms with Crippen LogP contribution in [-0.2, 0) is 0 Å². The third-order valence-electron chi connectivity index (χ3n) is 5.91. The van der Waals surface area contributed by atoms with Crippen LogP contribution < -0.4 is 0 Å². The molecule has 0 bridgehead atoms. The minimum Gasteiger partial charge on any atom is -0.342 e. The fourth-order valence-corrected chi connectivity index (χ4v) is 3.68. The summed E-state index contributed by atoms with van der Waals surface area (Å²) in [5.41, 5.74) is 6.28. The molecule has 1 aliphatic carbocycles. The van der Waals surface area contributed by atoms with Crippen molar-refractivity contribution < 1.29 is 0 Å². The van der Waals surface area contributed by atoms with Gasteiger partial charge >= 0.3 is 0 Å². The average Bonchev–Trinajstić information content (AvgIpc) is 2.82. The van der Waals surface area contributed by atoms with Crippen molar-refractivity contribution in [1.29, 1.82) is 0 Å². The molecule has 1 rings (SSSR count). The van der Waals surface area contributed by atoms with E-state index in [9.17, 15) is 0 Å². The highest BCUT2D eigenvalue weighted by Crippen LogP contribution is 2.28. The molecule has 1 unspecified atom stereocenters. The van der Waals surface area contributed by atoms with Gasteiger partial charge in [0.1, 0.15) is 0 Å². The first-order chi connectivity index (χ1) is 16.0. The molecule has 1 nitrogen and oxygen atoms in total. The number of rotatable bonds is 10. The molecule has 0 N–H and O–H groups in total. The van der Waals surface area contributed by atoms with Crippen LogP contribution in [0, 0.1) is 5.92 Å². The Morgan fingerprint density at radius 2 is 1.88 bits per heavy atom. The minimum atomic E-state index is 0.322. The summed E-state index contributed by atoms with van der Waals surface area (Å²) in [4.78, 5) is 2.32. The average molecular weight is 444 g/mol. The molecule has 0 aromatic carbocycles. The monoisotopic (exact) mass is 443 g/mol. The van der Waals surface area contributed by atoms with Crippen LogP contribution in [0.25, 0.3) is 0 Å². The van der Waals surface area contributed by atoms with Crippen molar-refractivity contribution >= 4 is 0 Å². The van der Waals surface area contributed by atoms with Crippen molar-refractivity contribution in [2.45, 2.75) is 66.7 Å². The predicted molar refractivity (Wildman–Crippen MR) is 150 cm³/mol. The smallest absolute Gasteiger partial charge is 0.0411 e. The zero-order valence-corrected chi connectivity index (χ0v) is 21.7. The van der Waals surface area contributed by atoms with Crippen molar-refractivity contribution in [1.82, 2.24) is 4.90 Å². The second-order valence-electron chi connectivity index (χ2n) is 8.39. The van der Waals surface area contributed by atoms with Gasteiger partial charge in [-0.15, -0.1) is 0 Å². The second kappa shape index (κ2) is 16.8. The van der Waals surface area contributed by atoms with E-state index in [2.05, 4.69) is 119 Å². The Bertz CT molecular complexity index is 864. The summed E-state index contributed by atoms with van der Waals surface area (Å²) in [5.74, 6) is 0.322. The molecule has 1 heteroatoms. The van der Waals surface area contributed by atoms with Crippen molar-refractivity contribution in [2.24, 2.45) is 5.92 Å². The lowest BCUT2D eigenvalue weighted by Crippen LogP contribution is -2.21. The summed E-state index contributed by atoms with van der Waals surface area (Å²) in [6.45, 7) is 20.2. The first-order valence-corrected chi connectivity index (χ1v) is 12.4. The molecule has 0 aliphatic heterocycles. The largest absolute Gasteiger partial charge is 0.342 e. The van der Waals surface area contributed by atoms with Crippen LogP contribution in [0.4, 0.5) is 0 Å². The van der Waals surface area contributed by atoms with Crippen molar-refractivity contribution in [3.05, 3.63) is 120 Å². The molecule has 0 radical (unpaired) electrons. The van der Waals surface area contributed by atoms with Gasteiger partial charge in [-0.1, -0.05) is 105 Å². The lowest BCUT2D eigenvalue weighted by Gasteiger charge is -2.27. The number of hydrogen-bond donors (Lipinski definition) is 0. The van der Waals surface area contributed by atoms with Crippen LogP contribution in [0.5, 0.6) is 0 Å². The summed E-state index contributed by atoms with van der Waals surface area (Å²) < 4.78 is 0. The van der Waals surface area contributed by atoms with Gasteiger partial charge in [0.05, 0.1) is 0 Å². The quantitative estimate of drug-likeness (QED) is 0.240. The molecule has 178 valence electrons. The Morgan fingerprint density at radius 3 is 2.55 bits per heavy atom. The highest BCUT2D eigenvalue weighted by molar-refractivity contribution is 5.36.